The number of rotatable bonds is 4. The van der Waals surface area contributed by atoms with Gasteiger partial charge in [-0.05, 0) is 55.4 Å². The first kappa shape index (κ1) is 14.4. The fourth-order valence-electron chi connectivity index (χ4n) is 3.67. The smallest absolute Gasteiger partial charge is 0.119 e. The Balaban J connectivity index is 1.65. The van der Waals surface area contributed by atoms with E-state index in [2.05, 4.69) is 34.1 Å². The van der Waals surface area contributed by atoms with Crippen molar-refractivity contribution in [3.05, 3.63) is 29.3 Å². The van der Waals surface area contributed by atoms with Gasteiger partial charge in [-0.3, -0.25) is 0 Å². The summed E-state index contributed by atoms with van der Waals surface area (Å²) in [6, 6.07) is 6.72. The number of fused-ring (bicyclic) bond motifs is 1. The zero-order valence-corrected chi connectivity index (χ0v) is 13.9. The van der Waals surface area contributed by atoms with E-state index in [0.717, 1.165) is 17.7 Å². The Hall–Kier alpha value is -0.500. The molecule has 0 aliphatic heterocycles. The summed E-state index contributed by atoms with van der Waals surface area (Å²) in [6.45, 7) is 0.872. The normalized spacial score (nSPS) is 21.2. The largest absolute Gasteiger partial charge is 0.493 e. The van der Waals surface area contributed by atoms with E-state index in [4.69, 9.17) is 4.74 Å². The van der Waals surface area contributed by atoms with Gasteiger partial charge in [0.25, 0.3) is 0 Å². The molecular weight excluding hydrogens is 312 g/mol. The first-order valence-electron chi connectivity index (χ1n) is 8.12. The second kappa shape index (κ2) is 6.51. The highest BCUT2D eigenvalue weighted by Gasteiger charge is 2.30. The molecule has 110 valence electrons. The molecule has 0 unspecified atom stereocenters. The third-order valence-electron chi connectivity index (χ3n) is 5.06. The molecular formula is C18H25BrO. The van der Waals surface area contributed by atoms with Crippen molar-refractivity contribution < 1.29 is 4.74 Å². The molecule has 0 spiro atoms. The highest BCUT2D eigenvalue weighted by molar-refractivity contribution is 9.09. The van der Waals surface area contributed by atoms with Crippen LogP contribution in [-0.4, -0.2) is 11.9 Å². The molecule has 0 radical (unpaired) electrons. The third-order valence-corrected chi connectivity index (χ3v) is 6.25. The number of hydrogen-bond acceptors (Lipinski definition) is 1. The monoisotopic (exact) mass is 336 g/mol. The molecule has 0 bridgehead atoms. The highest BCUT2D eigenvalue weighted by Crippen LogP contribution is 2.37. The van der Waals surface area contributed by atoms with Crippen LogP contribution in [0.5, 0.6) is 5.75 Å². The van der Waals surface area contributed by atoms with Gasteiger partial charge in [-0.1, -0.05) is 47.7 Å². The summed E-state index contributed by atoms with van der Waals surface area (Å²) in [5.41, 5.74) is 3.40. The summed E-state index contributed by atoms with van der Waals surface area (Å²) in [6.07, 6.45) is 11.9. The Labute approximate surface area is 131 Å². The predicted octanol–water partition coefficient (Wildman–Crippen LogP) is 5.29. The van der Waals surface area contributed by atoms with Crippen LogP contribution in [0.4, 0.5) is 0 Å². The molecule has 0 atom stereocenters. The van der Waals surface area contributed by atoms with E-state index in [9.17, 15) is 0 Å². The van der Waals surface area contributed by atoms with E-state index in [0.29, 0.717) is 5.41 Å². The quantitative estimate of drug-likeness (QED) is 0.536. The van der Waals surface area contributed by atoms with Gasteiger partial charge in [0.05, 0.1) is 6.61 Å². The van der Waals surface area contributed by atoms with Gasteiger partial charge in [0.2, 0.25) is 0 Å². The molecule has 1 aromatic rings. The van der Waals surface area contributed by atoms with Gasteiger partial charge in [-0.15, -0.1) is 0 Å². The van der Waals surface area contributed by atoms with Crippen LogP contribution in [0.15, 0.2) is 18.2 Å². The third kappa shape index (κ3) is 3.21. The van der Waals surface area contributed by atoms with Gasteiger partial charge >= 0.3 is 0 Å². The summed E-state index contributed by atoms with van der Waals surface area (Å²) in [7, 11) is 0. The first-order valence-corrected chi connectivity index (χ1v) is 9.24. The average Bonchev–Trinajstić information content (AvgIpc) is 2.82. The summed E-state index contributed by atoms with van der Waals surface area (Å²) in [5.74, 6) is 1.08. The Morgan fingerprint density at radius 1 is 0.950 bits per heavy atom. The van der Waals surface area contributed by atoms with Crippen LogP contribution < -0.4 is 4.74 Å². The second-order valence-electron chi connectivity index (χ2n) is 6.62. The lowest BCUT2D eigenvalue weighted by molar-refractivity contribution is 0.149. The minimum Gasteiger partial charge on any atom is -0.493 e. The van der Waals surface area contributed by atoms with Crippen LogP contribution in [0.3, 0.4) is 0 Å². The summed E-state index contributed by atoms with van der Waals surface area (Å²) in [4.78, 5) is 0. The van der Waals surface area contributed by atoms with Crippen molar-refractivity contribution in [3.8, 4) is 5.75 Å². The van der Waals surface area contributed by atoms with Crippen molar-refractivity contribution in [2.75, 3.05) is 11.9 Å². The van der Waals surface area contributed by atoms with Crippen molar-refractivity contribution in [1.82, 2.24) is 0 Å². The molecule has 0 saturated heterocycles. The van der Waals surface area contributed by atoms with Crippen molar-refractivity contribution in [2.24, 2.45) is 5.41 Å². The first-order chi connectivity index (χ1) is 9.81. The van der Waals surface area contributed by atoms with Gasteiger partial charge in [-0.2, -0.15) is 0 Å². The molecule has 1 aromatic carbocycles. The Morgan fingerprint density at radius 2 is 1.70 bits per heavy atom. The van der Waals surface area contributed by atoms with E-state index in [-0.39, 0.29) is 0 Å². The zero-order chi connectivity index (χ0) is 13.8. The number of benzene rings is 1. The molecule has 0 N–H and O–H groups in total. The minimum atomic E-state index is 0.357. The van der Waals surface area contributed by atoms with E-state index < -0.39 is 0 Å². The average molecular weight is 337 g/mol. The molecule has 0 amide bonds. The van der Waals surface area contributed by atoms with E-state index in [1.165, 1.54) is 68.9 Å². The van der Waals surface area contributed by atoms with Gasteiger partial charge in [-0.25, -0.2) is 0 Å². The Bertz CT molecular complexity index is 447. The van der Waals surface area contributed by atoms with E-state index >= 15 is 0 Å². The van der Waals surface area contributed by atoms with Crippen molar-refractivity contribution in [3.63, 3.8) is 0 Å². The molecule has 1 saturated carbocycles. The minimum absolute atomic E-state index is 0.357. The summed E-state index contributed by atoms with van der Waals surface area (Å²) >= 11 is 3.75. The number of ether oxygens (including phenoxy) is 1. The fraction of sp³-hybridized carbons (Fsp3) is 0.667. The number of halogens is 1. The maximum Gasteiger partial charge on any atom is 0.119 e. The topological polar surface area (TPSA) is 9.23 Å². The lowest BCUT2D eigenvalue weighted by Crippen LogP contribution is -2.30. The summed E-state index contributed by atoms with van der Waals surface area (Å²) in [5, 5.41) is 1.07. The second-order valence-corrected chi connectivity index (χ2v) is 7.18. The summed E-state index contributed by atoms with van der Waals surface area (Å²) < 4.78 is 6.19. The molecule has 2 heteroatoms. The molecule has 2 aliphatic carbocycles. The fourth-order valence-corrected chi connectivity index (χ4v) is 4.39. The molecule has 2 aliphatic rings. The number of aryl methyl sites for hydroxylation is 2. The highest BCUT2D eigenvalue weighted by atomic mass is 79.9. The number of alkyl halides is 1. The predicted molar refractivity (Wildman–Crippen MR) is 87.9 cm³/mol. The van der Waals surface area contributed by atoms with Crippen molar-refractivity contribution in [2.45, 2.75) is 57.8 Å². The zero-order valence-electron chi connectivity index (χ0n) is 12.3. The Morgan fingerprint density at radius 3 is 2.45 bits per heavy atom. The van der Waals surface area contributed by atoms with Crippen LogP contribution in [-0.2, 0) is 12.8 Å². The number of hydrogen-bond donors (Lipinski definition) is 0. The molecule has 1 nitrogen and oxygen atoms in total. The van der Waals surface area contributed by atoms with Gasteiger partial charge in [0.15, 0.2) is 0 Å². The Kier molecular flexibility index (Phi) is 4.70. The van der Waals surface area contributed by atoms with Crippen LogP contribution in [0, 0.1) is 5.41 Å². The van der Waals surface area contributed by atoms with Crippen molar-refractivity contribution in [1.29, 1.82) is 0 Å². The molecule has 3 rings (SSSR count). The van der Waals surface area contributed by atoms with Crippen molar-refractivity contribution >= 4 is 15.9 Å². The van der Waals surface area contributed by atoms with Gasteiger partial charge in [0.1, 0.15) is 5.75 Å². The van der Waals surface area contributed by atoms with Crippen LogP contribution in [0.1, 0.15) is 56.1 Å². The van der Waals surface area contributed by atoms with Crippen LogP contribution >= 0.6 is 15.9 Å². The van der Waals surface area contributed by atoms with Crippen LogP contribution in [0.25, 0.3) is 0 Å². The molecule has 20 heavy (non-hydrogen) atoms. The molecule has 0 heterocycles. The SMILES string of the molecule is BrCC1(COc2ccc3c(c2)CCC3)CCCCCC1. The maximum absolute atomic E-state index is 6.19. The molecule has 0 aromatic heterocycles. The van der Waals surface area contributed by atoms with Crippen LogP contribution in [0.2, 0.25) is 0 Å². The molecule has 1 fully saturated rings. The van der Waals surface area contributed by atoms with Gasteiger partial charge < -0.3 is 4.74 Å². The lowest BCUT2D eigenvalue weighted by Gasteiger charge is -2.30. The van der Waals surface area contributed by atoms with E-state index in [1.807, 2.05) is 0 Å². The van der Waals surface area contributed by atoms with Gasteiger partial charge in [0, 0.05) is 10.7 Å². The lowest BCUT2D eigenvalue weighted by atomic mass is 9.83. The standard InChI is InChI=1S/C18H25BrO/c19-13-18(10-3-1-2-4-11-18)14-20-17-9-8-15-6-5-7-16(15)12-17/h8-9,12H,1-7,10-11,13-14H2. The van der Waals surface area contributed by atoms with E-state index in [1.54, 1.807) is 0 Å². The maximum atomic E-state index is 6.19.